The highest BCUT2D eigenvalue weighted by Crippen LogP contribution is 2.28. The molecule has 0 fully saturated rings. The van der Waals surface area contributed by atoms with E-state index in [-0.39, 0.29) is 11.6 Å². The molecular formula is C18H22N4O3. The molecule has 0 saturated carbocycles. The summed E-state index contributed by atoms with van der Waals surface area (Å²) in [7, 11) is 1.60. The Bertz CT molecular complexity index is 775. The summed E-state index contributed by atoms with van der Waals surface area (Å²) in [5.74, 6) is 2.55. The molecule has 0 aliphatic heterocycles. The minimum absolute atomic E-state index is 0.168. The lowest BCUT2D eigenvalue weighted by Gasteiger charge is -2.12. The second-order valence-corrected chi connectivity index (χ2v) is 5.83. The average Bonchev–Trinajstić information content (AvgIpc) is 2.95. The molecule has 2 rings (SSSR count). The fraction of sp³-hybridized carbons (Fsp3) is 0.389. The number of hydrazone groups is 1. The molecule has 7 heteroatoms. The van der Waals surface area contributed by atoms with E-state index in [0.29, 0.717) is 29.9 Å². The molecule has 0 bridgehead atoms. The number of benzene rings is 1. The first-order valence-corrected chi connectivity index (χ1v) is 8.01. The van der Waals surface area contributed by atoms with Crippen LogP contribution in [-0.2, 0) is 0 Å². The Hall–Kier alpha value is -3.01. The third kappa shape index (κ3) is 5.24. The summed E-state index contributed by atoms with van der Waals surface area (Å²) in [5, 5.41) is 13.0. The number of anilines is 1. The van der Waals surface area contributed by atoms with Crippen molar-refractivity contribution in [3.05, 3.63) is 35.3 Å². The monoisotopic (exact) mass is 342 g/mol. The normalized spacial score (nSPS) is 10.9. The van der Waals surface area contributed by atoms with Gasteiger partial charge in [-0.1, -0.05) is 13.8 Å². The van der Waals surface area contributed by atoms with Crippen LogP contribution in [0.3, 0.4) is 0 Å². The van der Waals surface area contributed by atoms with E-state index in [1.807, 2.05) is 24.3 Å². The molecule has 132 valence electrons. The zero-order chi connectivity index (χ0) is 18.2. The number of hydrogen-bond donors (Lipinski definition) is 1. The van der Waals surface area contributed by atoms with Gasteiger partial charge >= 0.3 is 0 Å². The molecule has 7 nitrogen and oxygen atoms in total. The van der Waals surface area contributed by atoms with Crippen LogP contribution in [0.2, 0.25) is 0 Å². The number of rotatable bonds is 8. The topological polar surface area (TPSA) is 92.7 Å². The van der Waals surface area contributed by atoms with E-state index in [4.69, 9.17) is 19.2 Å². The van der Waals surface area contributed by atoms with Crippen molar-refractivity contribution in [2.45, 2.75) is 27.2 Å². The average molecular weight is 342 g/mol. The molecule has 1 aromatic heterocycles. The van der Waals surface area contributed by atoms with Crippen LogP contribution in [0.25, 0.3) is 0 Å². The van der Waals surface area contributed by atoms with Gasteiger partial charge in [0.25, 0.3) is 5.88 Å². The highest BCUT2D eigenvalue weighted by Gasteiger charge is 2.09. The van der Waals surface area contributed by atoms with Gasteiger partial charge in [-0.15, -0.1) is 0 Å². The van der Waals surface area contributed by atoms with Gasteiger partial charge in [-0.3, -0.25) is 0 Å². The lowest BCUT2D eigenvalue weighted by Crippen LogP contribution is -2.03. The largest absolute Gasteiger partial charge is 0.493 e. The molecule has 2 aromatic rings. The van der Waals surface area contributed by atoms with E-state index >= 15 is 0 Å². The fourth-order valence-corrected chi connectivity index (χ4v) is 2.03. The molecular weight excluding hydrogens is 320 g/mol. The van der Waals surface area contributed by atoms with Crippen LogP contribution in [0.15, 0.2) is 27.7 Å². The second-order valence-electron chi connectivity index (χ2n) is 5.83. The summed E-state index contributed by atoms with van der Waals surface area (Å²) in [6, 6.07) is 7.48. The van der Waals surface area contributed by atoms with Crippen LogP contribution in [0.4, 0.5) is 5.88 Å². The van der Waals surface area contributed by atoms with Crippen molar-refractivity contribution in [3.8, 4) is 17.6 Å². The van der Waals surface area contributed by atoms with Crippen LogP contribution >= 0.6 is 0 Å². The van der Waals surface area contributed by atoms with Crippen LogP contribution in [0.1, 0.15) is 37.4 Å². The standard InChI is InChI=1S/C18H22N4O3/c1-12(2)7-8-24-16-6-5-14(9-17(16)23-4)11-20-22-18-15(10-19)21-13(3)25-18/h5-6,9,11-12,22H,7-8H2,1-4H3. The van der Waals surface area contributed by atoms with Crippen molar-refractivity contribution in [2.75, 3.05) is 19.1 Å². The van der Waals surface area contributed by atoms with Crippen LogP contribution in [-0.4, -0.2) is 24.9 Å². The smallest absolute Gasteiger partial charge is 0.252 e. The Balaban J connectivity index is 2.03. The van der Waals surface area contributed by atoms with Crippen molar-refractivity contribution in [1.82, 2.24) is 4.98 Å². The highest BCUT2D eigenvalue weighted by molar-refractivity contribution is 5.81. The van der Waals surface area contributed by atoms with Crippen molar-refractivity contribution in [2.24, 2.45) is 11.0 Å². The Morgan fingerprint density at radius 3 is 2.88 bits per heavy atom. The molecule has 0 radical (unpaired) electrons. The molecule has 1 aromatic carbocycles. The minimum atomic E-state index is 0.168. The van der Waals surface area contributed by atoms with Crippen molar-refractivity contribution in [1.29, 1.82) is 5.26 Å². The minimum Gasteiger partial charge on any atom is -0.493 e. The number of aromatic nitrogens is 1. The predicted molar refractivity (Wildman–Crippen MR) is 95.1 cm³/mol. The maximum absolute atomic E-state index is 8.96. The number of nitrogens with zero attached hydrogens (tertiary/aromatic N) is 3. The van der Waals surface area contributed by atoms with Gasteiger partial charge in [0.1, 0.15) is 6.07 Å². The third-order valence-electron chi connectivity index (χ3n) is 3.36. The van der Waals surface area contributed by atoms with Crippen LogP contribution in [0.5, 0.6) is 11.5 Å². The van der Waals surface area contributed by atoms with Crippen molar-refractivity contribution in [3.63, 3.8) is 0 Å². The molecule has 0 amide bonds. The molecule has 1 heterocycles. The molecule has 0 atom stereocenters. The number of hydrogen-bond acceptors (Lipinski definition) is 7. The van der Waals surface area contributed by atoms with E-state index < -0.39 is 0 Å². The fourth-order valence-electron chi connectivity index (χ4n) is 2.03. The van der Waals surface area contributed by atoms with E-state index in [1.165, 1.54) is 0 Å². The van der Waals surface area contributed by atoms with Gasteiger partial charge in [-0.25, -0.2) is 10.4 Å². The first-order chi connectivity index (χ1) is 12.0. The zero-order valence-corrected chi connectivity index (χ0v) is 14.9. The molecule has 0 unspecified atom stereocenters. The maximum Gasteiger partial charge on any atom is 0.252 e. The van der Waals surface area contributed by atoms with E-state index in [9.17, 15) is 0 Å². The van der Waals surface area contributed by atoms with Crippen molar-refractivity contribution < 1.29 is 13.9 Å². The molecule has 1 N–H and O–H groups in total. The summed E-state index contributed by atoms with van der Waals surface area (Å²) in [6.45, 7) is 6.62. The zero-order valence-electron chi connectivity index (χ0n) is 14.9. The van der Waals surface area contributed by atoms with E-state index in [0.717, 1.165) is 12.0 Å². The Morgan fingerprint density at radius 2 is 2.20 bits per heavy atom. The predicted octanol–water partition coefficient (Wildman–Crippen LogP) is 3.73. The number of aryl methyl sites for hydroxylation is 1. The molecule has 0 aliphatic rings. The number of nitrogens with one attached hydrogen (secondary N) is 1. The van der Waals surface area contributed by atoms with Gasteiger partial charge in [-0.05, 0) is 36.1 Å². The maximum atomic E-state index is 8.96. The van der Waals surface area contributed by atoms with Gasteiger partial charge in [0.05, 0.1) is 19.9 Å². The molecule has 0 aliphatic carbocycles. The Labute approximate surface area is 147 Å². The lowest BCUT2D eigenvalue weighted by molar-refractivity contribution is 0.273. The Kier molecular flexibility index (Phi) is 6.40. The second kappa shape index (κ2) is 8.73. The molecule has 0 saturated heterocycles. The first kappa shape index (κ1) is 18.3. The van der Waals surface area contributed by atoms with E-state index in [2.05, 4.69) is 29.4 Å². The van der Waals surface area contributed by atoms with Crippen LogP contribution < -0.4 is 14.9 Å². The summed E-state index contributed by atoms with van der Waals surface area (Å²) >= 11 is 0. The van der Waals surface area contributed by atoms with Crippen molar-refractivity contribution >= 4 is 12.1 Å². The summed E-state index contributed by atoms with van der Waals surface area (Å²) in [4.78, 5) is 3.93. The van der Waals surface area contributed by atoms with Gasteiger partial charge < -0.3 is 13.9 Å². The van der Waals surface area contributed by atoms with Gasteiger partial charge in [0.15, 0.2) is 17.4 Å². The van der Waals surface area contributed by atoms with Gasteiger partial charge in [0.2, 0.25) is 5.69 Å². The van der Waals surface area contributed by atoms with E-state index in [1.54, 1.807) is 20.2 Å². The number of nitriles is 1. The summed E-state index contributed by atoms with van der Waals surface area (Å²) in [5.41, 5.74) is 3.66. The lowest BCUT2D eigenvalue weighted by atomic mass is 10.1. The van der Waals surface area contributed by atoms with Gasteiger partial charge in [0, 0.05) is 6.92 Å². The van der Waals surface area contributed by atoms with Gasteiger partial charge in [-0.2, -0.15) is 10.4 Å². The quantitative estimate of drug-likeness (QED) is 0.580. The SMILES string of the molecule is COc1cc(C=NNc2oc(C)nc2C#N)ccc1OCCC(C)C. The summed E-state index contributed by atoms with van der Waals surface area (Å²) in [6.07, 6.45) is 2.58. The molecule has 0 spiro atoms. The first-order valence-electron chi connectivity index (χ1n) is 8.01. The number of oxazole rings is 1. The highest BCUT2D eigenvalue weighted by atomic mass is 16.5. The van der Waals surface area contributed by atoms with Crippen LogP contribution in [0, 0.1) is 24.2 Å². The number of ether oxygens (including phenoxy) is 2. The number of methoxy groups -OCH3 is 1. The summed E-state index contributed by atoms with van der Waals surface area (Å²) < 4.78 is 16.4. The third-order valence-corrected chi connectivity index (χ3v) is 3.36. The molecule has 25 heavy (non-hydrogen) atoms. The Morgan fingerprint density at radius 1 is 1.40 bits per heavy atom.